The Hall–Kier alpha value is -2.08. The summed E-state index contributed by atoms with van der Waals surface area (Å²) >= 11 is 1.65. The number of carbonyl (C=O) groups excluding carboxylic acids is 1. The van der Waals surface area contributed by atoms with E-state index in [1.54, 1.807) is 11.3 Å². The van der Waals surface area contributed by atoms with Gasteiger partial charge < -0.3 is 15.0 Å². The maximum Gasteiger partial charge on any atom is 0.262 e. The van der Waals surface area contributed by atoms with Crippen LogP contribution in [0.15, 0.2) is 29.8 Å². The van der Waals surface area contributed by atoms with Crippen LogP contribution in [0.2, 0.25) is 0 Å². The van der Waals surface area contributed by atoms with Crippen molar-refractivity contribution in [1.29, 1.82) is 0 Å². The van der Waals surface area contributed by atoms with Gasteiger partial charge in [-0.15, -0.1) is 11.3 Å². The summed E-state index contributed by atoms with van der Waals surface area (Å²) in [5.74, 6) is 0.713. The minimum Gasteiger partial charge on any atom is -0.477 e. The minimum atomic E-state index is -0.482. The first-order chi connectivity index (χ1) is 11.2. The number of benzene rings is 1. The molecule has 1 unspecified atom stereocenters. The zero-order valence-corrected chi connectivity index (χ0v) is 14.2. The van der Waals surface area contributed by atoms with Crippen molar-refractivity contribution in [2.24, 2.45) is 0 Å². The maximum atomic E-state index is 12.3. The van der Waals surface area contributed by atoms with E-state index in [0.29, 0.717) is 13.1 Å². The van der Waals surface area contributed by atoms with Crippen LogP contribution in [0.3, 0.4) is 0 Å². The Labute approximate surface area is 140 Å². The number of amides is 1. The predicted molar refractivity (Wildman–Crippen MR) is 92.1 cm³/mol. The van der Waals surface area contributed by atoms with Crippen LogP contribution >= 0.6 is 11.3 Å². The number of nitrogens with one attached hydrogen (secondary N) is 1. The number of para-hydroxylation sites is 2. The fourth-order valence-electron chi connectivity index (χ4n) is 2.61. The molecule has 122 valence electrons. The van der Waals surface area contributed by atoms with Crippen molar-refractivity contribution in [2.75, 3.05) is 18.0 Å². The highest BCUT2D eigenvalue weighted by atomic mass is 32.1. The lowest BCUT2D eigenvalue weighted by Gasteiger charge is -2.35. The standard InChI is InChI=1S/C17H21N3O2S/c1-3-8-18-17(21)15-9-20(10-16-12(2)19-11-23-16)13-6-4-5-7-14(13)22-15/h4-7,11,15H,3,8-10H2,1-2H3,(H,18,21). The van der Waals surface area contributed by atoms with Crippen molar-refractivity contribution in [1.82, 2.24) is 10.3 Å². The van der Waals surface area contributed by atoms with Crippen LogP contribution in [0.4, 0.5) is 5.69 Å². The highest BCUT2D eigenvalue weighted by molar-refractivity contribution is 7.09. The lowest BCUT2D eigenvalue weighted by atomic mass is 10.1. The summed E-state index contributed by atoms with van der Waals surface area (Å²) < 4.78 is 5.90. The number of hydrogen-bond acceptors (Lipinski definition) is 5. The van der Waals surface area contributed by atoms with Gasteiger partial charge in [-0.25, -0.2) is 4.98 Å². The maximum absolute atomic E-state index is 12.3. The van der Waals surface area contributed by atoms with E-state index in [9.17, 15) is 4.79 Å². The van der Waals surface area contributed by atoms with Crippen molar-refractivity contribution in [3.63, 3.8) is 0 Å². The summed E-state index contributed by atoms with van der Waals surface area (Å²) in [6.45, 7) is 6.02. The molecule has 6 heteroatoms. The molecule has 2 heterocycles. The average molecular weight is 331 g/mol. The zero-order valence-electron chi connectivity index (χ0n) is 13.4. The summed E-state index contributed by atoms with van der Waals surface area (Å²) in [6, 6.07) is 7.88. The molecule has 0 bridgehead atoms. The van der Waals surface area contributed by atoms with Gasteiger partial charge in [0.1, 0.15) is 5.75 Å². The van der Waals surface area contributed by atoms with E-state index in [1.807, 2.05) is 43.6 Å². The Morgan fingerprint density at radius 1 is 1.48 bits per heavy atom. The highest BCUT2D eigenvalue weighted by Crippen LogP contribution is 2.34. The molecular formula is C17H21N3O2S. The van der Waals surface area contributed by atoms with Gasteiger partial charge in [-0.05, 0) is 25.5 Å². The molecule has 0 spiro atoms. The third kappa shape index (κ3) is 3.47. The number of nitrogens with zero attached hydrogens (tertiary/aromatic N) is 2. The molecule has 0 aliphatic carbocycles. The third-order valence-corrected chi connectivity index (χ3v) is 4.80. The summed E-state index contributed by atoms with van der Waals surface area (Å²) in [7, 11) is 0. The molecular weight excluding hydrogens is 310 g/mol. The van der Waals surface area contributed by atoms with Crippen molar-refractivity contribution >= 4 is 22.9 Å². The van der Waals surface area contributed by atoms with Gasteiger partial charge in [0.05, 0.1) is 30.0 Å². The van der Waals surface area contributed by atoms with Crippen LogP contribution in [0.25, 0.3) is 0 Å². The van der Waals surface area contributed by atoms with Gasteiger partial charge in [-0.2, -0.15) is 0 Å². The molecule has 1 N–H and O–H groups in total. The molecule has 1 aromatic carbocycles. The van der Waals surface area contributed by atoms with Crippen LogP contribution in [0, 0.1) is 6.92 Å². The molecule has 0 radical (unpaired) electrons. The van der Waals surface area contributed by atoms with Gasteiger partial charge in [0.15, 0.2) is 6.10 Å². The lowest BCUT2D eigenvalue weighted by Crippen LogP contribution is -2.48. The molecule has 1 aliphatic heterocycles. The Morgan fingerprint density at radius 3 is 3.04 bits per heavy atom. The van der Waals surface area contributed by atoms with E-state index in [2.05, 4.69) is 15.2 Å². The van der Waals surface area contributed by atoms with Crippen LogP contribution in [0.1, 0.15) is 23.9 Å². The van der Waals surface area contributed by atoms with Crippen molar-refractivity contribution in [3.05, 3.63) is 40.3 Å². The Kier molecular flexibility index (Phi) is 4.81. The first-order valence-electron chi connectivity index (χ1n) is 7.86. The molecule has 0 saturated heterocycles. The van der Waals surface area contributed by atoms with Crippen LogP contribution < -0.4 is 15.0 Å². The van der Waals surface area contributed by atoms with Crippen molar-refractivity contribution < 1.29 is 9.53 Å². The summed E-state index contributed by atoms with van der Waals surface area (Å²) in [6.07, 6.45) is 0.434. The van der Waals surface area contributed by atoms with Gasteiger partial charge in [0.2, 0.25) is 0 Å². The fourth-order valence-corrected chi connectivity index (χ4v) is 3.40. The Bertz CT molecular complexity index is 686. The summed E-state index contributed by atoms with van der Waals surface area (Å²) in [4.78, 5) is 20.0. The number of anilines is 1. The van der Waals surface area contributed by atoms with E-state index in [4.69, 9.17) is 4.74 Å². The van der Waals surface area contributed by atoms with Crippen molar-refractivity contribution in [2.45, 2.75) is 32.9 Å². The monoisotopic (exact) mass is 331 g/mol. The highest BCUT2D eigenvalue weighted by Gasteiger charge is 2.30. The topological polar surface area (TPSA) is 54.5 Å². The summed E-state index contributed by atoms with van der Waals surface area (Å²) in [5.41, 5.74) is 3.94. The predicted octanol–water partition coefficient (Wildman–Crippen LogP) is 2.75. The number of aromatic nitrogens is 1. The molecule has 1 aliphatic rings. The molecule has 1 aromatic heterocycles. The van der Waals surface area contributed by atoms with E-state index < -0.39 is 6.10 Å². The number of carbonyl (C=O) groups is 1. The number of ether oxygens (including phenoxy) is 1. The normalized spacial score (nSPS) is 16.6. The van der Waals surface area contributed by atoms with E-state index >= 15 is 0 Å². The first kappa shape index (κ1) is 15.8. The number of rotatable bonds is 5. The molecule has 2 aromatic rings. The Morgan fingerprint density at radius 2 is 2.30 bits per heavy atom. The van der Waals surface area contributed by atoms with E-state index in [0.717, 1.165) is 30.1 Å². The van der Waals surface area contributed by atoms with E-state index in [-0.39, 0.29) is 5.91 Å². The second-order valence-electron chi connectivity index (χ2n) is 5.61. The van der Waals surface area contributed by atoms with Crippen LogP contribution in [-0.2, 0) is 11.3 Å². The zero-order chi connectivity index (χ0) is 16.2. The van der Waals surface area contributed by atoms with E-state index in [1.165, 1.54) is 4.88 Å². The summed E-state index contributed by atoms with van der Waals surface area (Å²) in [5, 5.41) is 2.92. The van der Waals surface area contributed by atoms with Gasteiger partial charge in [-0.1, -0.05) is 19.1 Å². The van der Waals surface area contributed by atoms with Crippen LogP contribution in [0.5, 0.6) is 5.75 Å². The first-order valence-corrected chi connectivity index (χ1v) is 8.74. The quantitative estimate of drug-likeness (QED) is 0.915. The van der Waals surface area contributed by atoms with Crippen molar-refractivity contribution in [3.8, 4) is 5.75 Å². The van der Waals surface area contributed by atoms with Gasteiger partial charge in [0.25, 0.3) is 5.91 Å². The molecule has 5 nitrogen and oxygen atoms in total. The van der Waals surface area contributed by atoms with Gasteiger partial charge in [-0.3, -0.25) is 4.79 Å². The molecule has 1 atom stereocenters. The molecule has 3 rings (SSSR count). The number of fused-ring (bicyclic) bond motifs is 1. The fraction of sp³-hybridized carbons (Fsp3) is 0.412. The third-order valence-electron chi connectivity index (χ3n) is 3.88. The van der Waals surface area contributed by atoms with Gasteiger partial charge in [0, 0.05) is 11.4 Å². The molecule has 0 saturated carbocycles. The van der Waals surface area contributed by atoms with Gasteiger partial charge >= 0.3 is 0 Å². The molecule has 23 heavy (non-hydrogen) atoms. The second-order valence-corrected chi connectivity index (χ2v) is 6.55. The molecule has 0 fully saturated rings. The number of thiazole rings is 1. The average Bonchev–Trinajstić information content (AvgIpc) is 2.97. The lowest BCUT2D eigenvalue weighted by molar-refractivity contribution is -0.127. The number of aryl methyl sites for hydroxylation is 1. The smallest absolute Gasteiger partial charge is 0.262 e. The minimum absolute atomic E-state index is 0.0487. The van der Waals surface area contributed by atoms with Crippen LogP contribution in [-0.4, -0.2) is 30.1 Å². The SMILES string of the molecule is CCCNC(=O)C1CN(Cc2scnc2C)c2ccccc2O1. The number of hydrogen-bond donors (Lipinski definition) is 1. The second kappa shape index (κ2) is 7.00. The largest absolute Gasteiger partial charge is 0.477 e. The molecule has 1 amide bonds. The Balaban J connectivity index is 1.82.